The van der Waals surface area contributed by atoms with E-state index in [4.69, 9.17) is 5.11 Å². The molecule has 0 fully saturated rings. The minimum atomic E-state index is -0.228. The fourth-order valence-corrected chi connectivity index (χ4v) is 0.947. The van der Waals surface area contributed by atoms with Gasteiger partial charge in [-0.1, -0.05) is 13.8 Å². The molecule has 4 heteroatoms. The zero-order valence-electron chi connectivity index (χ0n) is 8.29. The van der Waals surface area contributed by atoms with Crippen molar-refractivity contribution in [2.75, 3.05) is 13.2 Å². The lowest BCUT2D eigenvalue weighted by Crippen LogP contribution is -2.34. The van der Waals surface area contributed by atoms with Crippen LogP contribution in [0, 0.1) is 5.92 Å². The molecule has 13 heavy (non-hydrogen) atoms. The van der Waals surface area contributed by atoms with Gasteiger partial charge >= 0.3 is 0 Å². The minimum absolute atomic E-state index is 0.0173. The Morgan fingerprint density at radius 2 is 2.08 bits per heavy atom. The molecule has 0 aromatic rings. The summed E-state index contributed by atoms with van der Waals surface area (Å²) in [7, 11) is 0. The number of unbranched alkanes of at least 4 members (excludes halogenated alkanes) is 1. The lowest BCUT2D eigenvalue weighted by atomic mass is 10.1. The van der Waals surface area contributed by atoms with Gasteiger partial charge in [0.25, 0.3) is 0 Å². The SMILES string of the molecule is CC(C)C(S)C(=O)NCCCCO. The summed E-state index contributed by atoms with van der Waals surface area (Å²) in [6, 6.07) is 0. The van der Waals surface area contributed by atoms with Crippen LogP contribution in [0.25, 0.3) is 0 Å². The molecule has 3 nitrogen and oxygen atoms in total. The van der Waals surface area contributed by atoms with Crippen molar-refractivity contribution >= 4 is 18.5 Å². The van der Waals surface area contributed by atoms with Crippen LogP contribution in [0.1, 0.15) is 26.7 Å². The van der Waals surface area contributed by atoms with E-state index in [1.54, 1.807) is 0 Å². The highest BCUT2D eigenvalue weighted by Crippen LogP contribution is 2.08. The Morgan fingerprint density at radius 3 is 2.54 bits per heavy atom. The molecule has 1 unspecified atom stereocenters. The van der Waals surface area contributed by atoms with Crippen LogP contribution in [0.5, 0.6) is 0 Å². The Hall–Kier alpha value is -0.220. The van der Waals surface area contributed by atoms with Gasteiger partial charge in [0.05, 0.1) is 5.25 Å². The van der Waals surface area contributed by atoms with Crippen LogP contribution in [-0.4, -0.2) is 29.4 Å². The van der Waals surface area contributed by atoms with Crippen LogP contribution in [0.15, 0.2) is 0 Å². The van der Waals surface area contributed by atoms with Gasteiger partial charge in [0.2, 0.25) is 5.91 Å². The van der Waals surface area contributed by atoms with Crippen LogP contribution in [0.3, 0.4) is 0 Å². The number of aliphatic hydroxyl groups is 1. The highest BCUT2D eigenvalue weighted by atomic mass is 32.1. The normalized spacial score (nSPS) is 13.0. The number of hydrogen-bond donors (Lipinski definition) is 3. The maximum atomic E-state index is 11.3. The second-order valence-corrected chi connectivity index (χ2v) is 3.97. The highest BCUT2D eigenvalue weighted by molar-refractivity contribution is 7.81. The van der Waals surface area contributed by atoms with Gasteiger partial charge in [-0.25, -0.2) is 0 Å². The average molecular weight is 205 g/mol. The van der Waals surface area contributed by atoms with Crippen molar-refractivity contribution in [1.82, 2.24) is 5.32 Å². The standard InChI is InChI=1S/C9H19NO2S/c1-7(2)8(13)9(12)10-5-3-4-6-11/h7-8,11,13H,3-6H2,1-2H3,(H,10,12). The quantitative estimate of drug-likeness (QED) is 0.444. The summed E-state index contributed by atoms with van der Waals surface area (Å²) in [4.78, 5) is 11.3. The fraction of sp³-hybridized carbons (Fsp3) is 0.889. The summed E-state index contributed by atoms with van der Waals surface area (Å²) >= 11 is 4.18. The van der Waals surface area contributed by atoms with E-state index in [0.29, 0.717) is 6.54 Å². The molecule has 0 bridgehead atoms. The van der Waals surface area contributed by atoms with E-state index in [1.165, 1.54) is 0 Å². The van der Waals surface area contributed by atoms with Crippen LogP contribution in [0.2, 0.25) is 0 Å². The van der Waals surface area contributed by atoms with Crippen LogP contribution in [-0.2, 0) is 4.79 Å². The third-order valence-electron chi connectivity index (χ3n) is 1.78. The van der Waals surface area contributed by atoms with Crippen molar-refractivity contribution < 1.29 is 9.90 Å². The van der Waals surface area contributed by atoms with Crippen molar-refractivity contribution in [2.24, 2.45) is 5.92 Å². The first-order valence-corrected chi connectivity index (χ1v) is 5.18. The van der Waals surface area contributed by atoms with E-state index in [9.17, 15) is 4.79 Å². The molecule has 0 aliphatic carbocycles. The molecule has 0 aromatic heterocycles. The van der Waals surface area contributed by atoms with Crippen molar-refractivity contribution in [3.8, 4) is 0 Å². The monoisotopic (exact) mass is 205 g/mol. The Bertz CT molecular complexity index is 151. The van der Waals surface area contributed by atoms with Gasteiger partial charge in [-0.05, 0) is 18.8 Å². The maximum Gasteiger partial charge on any atom is 0.233 e. The van der Waals surface area contributed by atoms with Crippen LogP contribution in [0.4, 0.5) is 0 Å². The molecule has 0 heterocycles. The molecule has 0 aliphatic heterocycles. The van der Waals surface area contributed by atoms with Crippen molar-refractivity contribution in [3.05, 3.63) is 0 Å². The number of hydrogen-bond acceptors (Lipinski definition) is 3. The Morgan fingerprint density at radius 1 is 1.46 bits per heavy atom. The Balaban J connectivity index is 3.50. The Kier molecular flexibility index (Phi) is 7.09. The third kappa shape index (κ3) is 5.93. The molecule has 0 saturated carbocycles. The first kappa shape index (κ1) is 12.8. The summed E-state index contributed by atoms with van der Waals surface area (Å²) in [5.41, 5.74) is 0. The second kappa shape index (κ2) is 7.21. The van der Waals surface area contributed by atoms with Gasteiger partial charge in [0.15, 0.2) is 0 Å². The predicted molar refractivity (Wildman–Crippen MR) is 56.9 cm³/mol. The number of carbonyl (C=O) groups excluding carboxylic acids is 1. The molecule has 0 spiro atoms. The molecule has 0 rings (SSSR count). The van der Waals surface area contributed by atoms with Gasteiger partial charge in [0.1, 0.15) is 0 Å². The minimum Gasteiger partial charge on any atom is -0.396 e. The second-order valence-electron chi connectivity index (χ2n) is 3.41. The summed E-state index contributed by atoms with van der Waals surface area (Å²) in [6.45, 7) is 4.74. The topological polar surface area (TPSA) is 49.3 Å². The van der Waals surface area contributed by atoms with E-state index in [-0.39, 0.29) is 23.7 Å². The molecule has 0 saturated heterocycles. The Labute approximate surface area is 85.3 Å². The first-order chi connectivity index (χ1) is 6.09. The van der Waals surface area contributed by atoms with Crippen molar-refractivity contribution in [1.29, 1.82) is 0 Å². The molecule has 0 aliphatic rings. The maximum absolute atomic E-state index is 11.3. The van der Waals surface area contributed by atoms with E-state index in [2.05, 4.69) is 17.9 Å². The number of rotatable bonds is 6. The molecule has 0 radical (unpaired) electrons. The molecule has 2 N–H and O–H groups in total. The lowest BCUT2D eigenvalue weighted by molar-refractivity contribution is -0.121. The van der Waals surface area contributed by atoms with Crippen molar-refractivity contribution in [3.63, 3.8) is 0 Å². The molecule has 78 valence electrons. The van der Waals surface area contributed by atoms with Gasteiger partial charge in [-0.3, -0.25) is 4.79 Å². The van der Waals surface area contributed by atoms with E-state index >= 15 is 0 Å². The molecular weight excluding hydrogens is 186 g/mol. The van der Waals surface area contributed by atoms with Crippen molar-refractivity contribution in [2.45, 2.75) is 31.9 Å². The number of aliphatic hydroxyl groups excluding tert-OH is 1. The summed E-state index contributed by atoms with van der Waals surface area (Å²) in [5.74, 6) is 0.234. The largest absolute Gasteiger partial charge is 0.396 e. The number of thiol groups is 1. The van der Waals surface area contributed by atoms with Gasteiger partial charge in [-0.15, -0.1) is 0 Å². The summed E-state index contributed by atoms with van der Waals surface area (Å²) < 4.78 is 0. The lowest BCUT2D eigenvalue weighted by Gasteiger charge is -2.14. The smallest absolute Gasteiger partial charge is 0.233 e. The van der Waals surface area contributed by atoms with E-state index in [1.807, 2.05) is 13.8 Å². The van der Waals surface area contributed by atoms with Gasteiger partial charge < -0.3 is 10.4 Å². The number of carbonyl (C=O) groups is 1. The summed E-state index contributed by atoms with van der Waals surface area (Å²) in [5, 5.41) is 11.0. The van der Waals surface area contributed by atoms with Crippen LogP contribution < -0.4 is 5.32 Å². The van der Waals surface area contributed by atoms with E-state index in [0.717, 1.165) is 12.8 Å². The zero-order valence-corrected chi connectivity index (χ0v) is 9.18. The molecule has 0 aromatic carbocycles. The molecule has 1 amide bonds. The third-order valence-corrected chi connectivity index (χ3v) is 2.62. The zero-order chi connectivity index (χ0) is 10.3. The molecular formula is C9H19NO2S. The predicted octanol–water partition coefficient (Wildman–Crippen LogP) is 0.829. The fourth-order valence-electron chi connectivity index (χ4n) is 0.856. The van der Waals surface area contributed by atoms with Gasteiger partial charge in [-0.2, -0.15) is 12.6 Å². The number of amides is 1. The van der Waals surface area contributed by atoms with E-state index < -0.39 is 0 Å². The summed E-state index contributed by atoms with van der Waals surface area (Å²) in [6.07, 6.45) is 1.56. The number of nitrogens with one attached hydrogen (secondary N) is 1. The van der Waals surface area contributed by atoms with Crippen LogP contribution >= 0.6 is 12.6 Å². The first-order valence-electron chi connectivity index (χ1n) is 4.66. The average Bonchev–Trinajstić information content (AvgIpc) is 2.10. The highest BCUT2D eigenvalue weighted by Gasteiger charge is 2.16. The molecule has 1 atom stereocenters. The van der Waals surface area contributed by atoms with Gasteiger partial charge in [0, 0.05) is 13.2 Å².